The number of primary amides is 1. The molecular formula is C25H27FN6O4S. The lowest BCUT2D eigenvalue weighted by Gasteiger charge is -2.32. The number of amides is 3. The van der Waals surface area contributed by atoms with E-state index in [2.05, 4.69) is 14.6 Å². The standard InChI is InChI=1S/C25H27FN6O4S/c26-17-8-6-16(7-9-17)21(24(34)29-10-11-31-12-14-36-15-13-31)32(18-4-2-1-3-5-18)25(35)22-19(27)20(23(28)33)30-37-22/h1-9,21H,10-15,27H2,(H2,28,33)(H,29,34). The van der Waals surface area contributed by atoms with Crippen LogP contribution in [0, 0.1) is 5.82 Å². The number of carbonyl (C=O) groups is 3. The van der Waals surface area contributed by atoms with E-state index < -0.39 is 29.6 Å². The van der Waals surface area contributed by atoms with Gasteiger partial charge < -0.3 is 21.5 Å². The zero-order valence-electron chi connectivity index (χ0n) is 19.9. The zero-order valence-corrected chi connectivity index (χ0v) is 20.7. The summed E-state index contributed by atoms with van der Waals surface area (Å²) in [5.74, 6) is -2.46. The fraction of sp³-hybridized carbons (Fsp3) is 0.280. The number of nitrogen functional groups attached to an aromatic ring is 1. The van der Waals surface area contributed by atoms with Crippen LogP contribution in [0.2, 0.25) is 0 Å². The normalized spacial score (nSPS) is 14.6. The maximum absolute atomic E-state index is 13.9. The molecule has 0 spiro atoms. The molecule has 5 N–H and O–H groups in total. The Kier molecular flexibility index (Phi) is 8.43. The largest absolute Gasteiger partial charge is 0.395 e. The second-order valence-corrected chi connectivity index (χ2v) is 9.12. The van der Waals surface area contributed by atoms with Crippen LogP contribution in [0.25, 0.3) is 0 Å². The van der Waals surface area contributed by atoms with Gasteiger partial charge in [0.05, 0.1) is 18.9 Å². The number of ether oxygens (including phenoxy) is 1. The van der Waals surface area contributed by atoms with Crippen molar-refractivity contribution in [2.24, 2.45) is 5.73 Å². The number of morpholine rings is 1. The van der Waals surface area contributed by atoms with Crippen molar-refractivity contribution < 1.29 is 23.5 Å². The van der Waals surface area contributed by atoms with Crippen molar-refractivity contribution in [3.63, 3.8) is 0 Å². The van der Waals surface area contributed by atoms with E-state index >= 15 is 0 Å². The van der Waals surface area contributed by atoms with E-state index in [4.69, 9.17) is 16.2 Å². The van der Waals surface area contributed by atoms with Gasteiger partial charge in [0.15, 0.2) is 5.69 Å². The first kappa shape index (κ1) is 26.2. The molecule has 10 nitrogen and oxygen atoms in total. The summed E-state index contributed by atoms with van der Waals surface area (Å²) in [5.41, 5.74) is 11.8. The van der Waals surface area contributed by atoms with E-state index in [1.807, 2.05) is 0 Å². The lowest BCUT2D eigenvalue weighted by molar-refractivity contribution is -0.122. The maximum atomic E-state index is 13.9. The highest BCUT2D eigenvalue weighted by Gasteiger charge is 2.36. The molecule has 1 unspecified atom stereocenters. The minimum atomic E-state index is -1.17. The molecule has 1 aliphatic heterocycles. The number of nitrogens with one attached hydrogen (secondary N) is 1. The molecule has 1 fully saturated rings. The maximum Gasteiger partial charge on any atom is 0.273 e. The van der Waals surface area contributed by atoms with Crippen LogP contribution in [0.3, 0.4) is 0 Å². The van der Waals surface area contributed by atoms with Gasteiger partial charge in [-0.3, -0.25) is 24.2 Å². The molecular weight excluding hydrogens is 499 g/mol. The summed E-state index contributed by atoms with van der Waals surface area (Å²) in [5, 5.41) is 2.91. The number of aromatic nitrogens is 1. The molecule has 3 amide bonds. The average Bonchev–Trinajstić information content (AvgIpc) is 3.30. The molecule has 1 aromatic heterocycles. The zero-order chi connectivity index (χ0) is 26.4. The van der Waals surface area contributed by atoms with Crippen LogP contribution in [0.4, 0.5) is 15.8 Å². The van der Waals surface area contributed by atoms with Gasteiger partial charge in [-0.05, 0) is 41.4 Å². The monoisotopic (exact) mass is 526 g/mol. The number of rotatable bonds is 9. The molecule has 0 bridgehead atoms. The minimum Gasteiger partial charge on any atom is -0.395 e. The first-order valence-electron chi connectivity index (χ1n) is 11.6. The molecule has 1 saturated heterocycles. The first-order chi connectivity index (χ1) is 17.9. The number of carbonyl (C=O) groups excluding carboxylic acids is 3. The Morgan fingerprint density at radius 3 is 2.41 bits per heavy atom. The lowest BCUT2D eigenvalue weighted by atomic mass is 10.0. The SMILES string of the molecule is NC(=O)c1nsc(C(=O)N(c2ccccc2)C(C(=O)NCCN2CCOCC2)c2ccc(F)cc2)c1N. The summed E-state index contributed by atoms with van der Waals surface area (Å²) in [6, 6.07) is 12.7. The Balaban J connectivity index is 1.70. The van der Waals surface area contributed by atoms with Crippen LogP contribution in [0.1, 0.15) is 31.8 Å². The van der Waals surface area contributed by atoms with Gasteiger partial charge >= 0.3 is 0 Å². The molecule has 3 aromatic rings. The predicted octanol–water partition coefficient (Wildman–Crippen LogP) is 1.80. The number of halogens is 1. The third-order valence-corrected chi connectivity index (χ3v) is 6.78. The van der Waals surface area contributed by atoms with E-state index in [1.165, 1.54) is 29.2 Å². The lowest BCUT2D eigenvalue weighted by Crippen LogP contribution is -2.46. The molecule has 1 aliphatic rings. The Morgan fingerprint density at radius 1 is 1.11 bits per heavy atom. The summed E-state index contributed by atoms with van der Waals surface area (Å²) < 4.78 is 23.1. The fourth-order valence-corrected chi connectivity index (χ4v) is 4.77. The van der Waals surface area contributed by atoms with Gasteiger partial charge in [-0.25, -0.2) is 4.39 Å². The molecule has 194 valence electrons. The van der Waals surface area contributed by atoms with Gasteiger partial charge in [0, 0.05) is 31.9 Å². The van der Waals surface area contributed by atoms with Crippen molar-refractivity contribution in [2.75, 3.05) is 50.0 Å². The molecule has 4 rings (SSSR count). The highest BCUT2D eigenvalue weighted by atomic mass is 32.1. The summed E-state index contributed by atoms with van der Waals surface area (Å²) in [7, 11) is 0. The van der Waals surface area contributed by atoms with Crippen molar-refractivity contribution in [3.8, 4) is 0 Å². The Labute approximate surface area is 217 Å². The van der Waals surface area contributed by atoms with Gasteiger partial charge in [0.2, 0.25) is 5.91 Å². The second-order valence-electron chi connectivity index (χ2n) is 8.35. The highest BCUT2D eigenvalue weighted by Crippen LogP contribution is 2.33. The third-order valence-electron chi connectivity index (χ3n) is 5.93. The number of anilines is 2. The molecule has 1 atom stereocenters. The first-order valence-corrected chi connectivity index (χ1v) is 12.4. The van der Waals surface area contributed by atoms with Crippen molar-refractivity contribution in [2.45, 2.75) is 6.04 Å². The summed E-state index contributed by atoms with van der Waals surface area (Å²) in [6.07, 6.45) is 0. The number of nitrogens with two attached hydrogens (primary N) is 2. The average molecular weight is 527 g/mol. The quantitative estimate of drug-likeness (QED) is 0.386. The number of hydrogen-bond acceptors (Lipinski definition) is 8. The summed E-state index contributed by atoms with van der Waals surface area (Å²) in [6.45, 7) is 3.73. The molecule has 37 heavy (non-hydrogen) atoms. The number of hydrogen-bond donors (Lipinski definition) is 3. The number of nitrogens with zero attached hydrogens (tertiary/aromatic N) is 3. The second kappa shape index (κ2) is 11.9. The number of benzene rings is 2. The summed E-state index contributed by atoms with van der Waals surface area (Å²) >= 11 is 0.722. The van der Waals surface area contributed by atoms with E-state index in [9.17, 15) is 18.8 Å². The van der Waals surface area contributed by atoms with Crippen LogP contribution in [0.5, 0.6) is 0 Å². The Morgan fingerprint density at radius 2 is 1.78 bits per heavy atom. The van der Waals surface area contributed by atoms with Crippen LogP contribution in [-0.4, -0.2) is 66.4 Å². The van der Waals surface area contributed by atoms with Crippen molar-refractivity contribution in [1.82, 2.24) is 14.6 Å². The third kappa shape index (κ3) is 6.10. The van der Waals surface area contributed by atoms with E-state index in [1.54, 1.807) is 30.3 Å². The smallest absolute Gasteiger partial charge is 0.273 e. The number of para-hydroxylation sites is 1. The van der Waals surface area contributed by atoms with Crippen molar-refractivity contribution in [3.05, 3.63) is 76.5 Å². The van der Waals surface area contributed by atoms with Gasteiger partial charge in [-0.15, -0.1) is 0 Å². The van der Waals surface area contributed by atoms with Crippen molar-refractivity contribution in [1.29, 1.82) is 0 Å². The van der Waals surface area contributed by atoms with Crippen LogP contribution in [0.15, 0.2) is 54.6 Å². The Bertz CT molecular complexity index is 1250. The molecule has 2 aromatic carbocycles. The van der Waals surface area contributed by atoms with E-state index in [0.29, 0.717) is 37.6 Å². The molecule has 0 radical (unpaired) electrons. The topological polar surface area (TPSA) is 144 Å². The predicted molar refractivity (Wildman–Crippen MR) is 138 cm³/mol. The van der Waals surface area contributed by atoms with Crippen LogP contribution >= 0.6 is 11.5 Å². The molecule has 2 heterocycles. The van der Waals surface area contributed by atoms with E-state index in [0.717, 1.165) is 24.6 Å². The molecule has 12 heteroatoms. The summed E-state index contributed by atoms with van der Waals surface area (Å²) in [4.78, 5) is 42.6. The van der Waals surface area contributed by atoms with Crippen LogP contribution in [-0.2, 0) is 9.53 Å². The highest BCUT2D eigenvalue weighted by molar-refractivity contribution is 7.09. The van der Waals surface area contributed by atoms with Crippen LogP contribution < -0.4 is 21.7 Å². The van der Waals surface area contributed by atoms with Crippen molar-refractivity contribution >= 4 is 40.6 Å². The van der Waals surface area contributed by atoms with Gasteiger partial charge in [-0.1, -0.05) is 30.3 Å². The van der Waals surface area contributed by atoms with Gasteiger partial charge in [0.1, 0.15) is 16.7 Å². The van der Waals surface area contributed by atoms with Gasteiger partial charge in [-0.2, -0.15) is 4.37 Å². The molecule has 0 saturated carbocycles. The fourth-order valence-electron chi connectivity index (χ4n) is 4.03. The van der Waals surface area contributed by atoms with Gasteiger partial charge in [0.25, 0.3) is 11.8 Å². The van der Waals surface area contributed by atoms with E-state index in [-0.39, 0.29) is 16.3 Å². The molecule has 0 aliphatic carbocycles. The minimum absolute atomic E-state index is 0.0362. The Hall–Kier alpha value is -3.87.